The highest BCUT2D eigenvalue weighted by atomic mass is 32.2. The monoisotopic (exact) mass is 444 g/mol. The summed E-state index contributed by atoms with van der Waals surface area (Å²) in [6, 6.07) is 13.5. The first kappa shape index (κ1) is 21.3. The number of aromatic nitrogens is 2. The van der Waals surface area contributed by atoms with Crippen LogP contribution in [0.1, 0.15) is 11.4 Å². The molecule has 0 amide bonds. The fourth-order valence-corrected chi connectivity index (χ4v) is 5.80. The summed E-state index contributed by atoms with van der Waals surface area (Å²) in [5, 5.41) is 4.42. The SMILES string of the molecule is COc1ccccc1N1CCN(S(=O)(=O)c2c(C)nn(-c3ccc(F)cc3)c2C)CC1. The fourth-order valence-electron chi connectivity index (χ4n) is 4.02. The maximum Gasteiger partial charge on any atom is 0.246 e. The van der Waals surface area contributed by atoms with E-state index in [2.05, 4.69) is 10.00 Å². The van der Waals surface area contributed by atoms with Gasteiger partial charge in [0.1, 0.15) is 16.5 Å². The summed E-state index contributed by atoms with van der Waals surface area (Å²) in [5.41, 5.74) is 2.51. The Bertz CT molecular complexity index is 1180. The predicted octanol–water partition coefficient (Wildman–Crippen LogP) is 3.15. The van der Waals surface area contributed by atoms with Crippen LogP contribution in [0.5, 0.6) is 5.75 Å². The number of aryl methyl sites for hydroxylation is 1. The van der Waals surface area contributed by atoms with Gasteiger partial charge in [0.05, 0.1) is 29.9 Å². The number of halogens is 1. The summed E-state index contributed by atoms with van der Waals surface area (Å²) in [4.78, 5) is 2.34. The van der Waals surface area contributed by atoms with Crippen LogP contribution < -0.4 is 9.64 Å². The van der Waals surface area contributed by atoms with Gasteiger partial charge in [-0.3, -0.25) is 0 Å². The summed E-state index contributed by atoms with van der Waals surface area (Å²) in [7, 11) is -2.09. The Balaban J connectivity index is 1.58. The molecule has 0 atom stereocenters. The highest BCUT2D eigenvalue weighted by Crippen LogP contribution is 2.31. The lowest BCUT2D eigenvalue weighted by atomic mass is 10.2. The Labute approximate surface area is 181 Å². The normalized spacial score (nSPS) is 15.3. The predicted molar refractivity (Wildman–Crippen MR) is 117 cm³/mol. The zero-order valence-corrected chi connectivity index (χ0v) is 18.6. The molecule has 4 rings (SSSR count). The molecule has 1 aliphatic rings. The molecule has 0 radical (unpaired) electrons. The van der Waals surface area contributed by atoms with Crippen LogP contribution >= 0.6 is 0 Å². The van der Waals surface area contributed by atoms with E-state index >= 15 is 0 Å². The van der Waals surface area contributed by atoms with Crippen molar-refractivity contribution in [1.82, 2.24) is 14.1 Å². The van der Waals surface area contributed by atoms with Crippen LogP contribution in [0.2, 0.25) is 0 Å². The van der Waals surface area contributed by atoms with Crippen LogP contribution in [-0.4, -0.2) is 55.8 Å². The number of anilines is 1. The summed E-state index contributed by atoms with van der Waals surface area (Å²) in [6.07, 6.45) is 0. The second-order valence-electron chi connectivity index (χ2n) is 7.45. The first-order valence-corrected chi connectivity index (χ1v) is 11.5. The smallest absolute Gasteiger partial charge is 0.246 e. The first-order valence-electron chi connectivity index (χ1n) is 10.0. The van der Waals surface area contributed by atoms with Crippen molar-refractivity contribution in [3.8, 4) is 11.4 Å². The highest BCUT2D eigenvalue weighted by molar-refractivity contribution is 7.89. The van der Waals surface area contributed by atoms with E-state index in [1.165, 1.54) is 16.4 Å². The number of rotatable bonds is 5. The van der Waals surface area contributed by atoms with E-state index in [9.17, 15) is 12.8 Å². The van der Waals surface area contributed by atoms with Gasteiger partial charge in [-0.05, 0) is 50.2 Å². The second kappa shape index (κ2) is 8.32. The van der Waals surface area contributed by atoms with Crippen molar-refractivity contribution in [2.45, 2.75) is 18.7 Å². The molecule has 0 unspecified atom stereocenters. The number of sulfonamides is 1. The van der Waals surface area contributed by atoms with Crippen LogP contribution in [0.4, 0.5) is 10.1 Å². The molecule has 1 saturated heterocycles. The van der Waals surface area contributed by atoms with Crippen molar-refractivity contribution in [1.29, 1.82) is 0 Å². The Kier molecular flexibility index (Phi) is 5.72. The number of benzene rings is 2. The minimum atomic E-state index is -3.72. The number of nitrogens with zero attached hydrogens (tertiary/aromatic N) is 4. The molecule has 1 aromatic heterocycles. The molecule has 0 N–H and O–H groups in total. The summed E-state index contributed by atoms with van der Waals surface area (Å²) in [6.45, 7) is 5.25. The Morgan fingerprint density at radius 2 is 1.61 bits per heavy atom. The van der Waals surface area contributed by atoms with Crippen LogP contribution in [0.3, 0.4) is 0 Å². The van der Waals surface area contributed by atoms with Gasteiger partial charge in [-0.15, -0.1) is 0 Å². The van der Waals surface area contributed by atoms with Gasteiger partial charge >= 0.3 is 0 Å². The Morgan fingerprint density at radius 1 is 0.968 bits per heavy atom. The van der Waals surface area contributed by atoms with Crippen molar-refractivity contribution >= 4 is 15.7 Å². The third kappa shape index (κ3) is 3.90. The maximum absolute atomic E-state index is 13.5. The standard InChI is InChI=1S/C22H25FN4O3S/c1-16-22(17(2)27(24-16)19-10-8-18(23)9-11-19)31(28,29)26-14-12-25(13-15-26)20-6-4-5-7-21(20)30-3/h4-11H,12-15H2,1-3H3. The molecule has 0 spiro atoms. The third-order valence-corrected chi connectivity index (χ3v) is 7.71. The Morgan fingerprint density at radius 3 is 2.26 bits per heavy atom. The van der Waals surface area contributed by atoms with Gasteiger partial charge in [0.2, 0.25) is 10.0 Å². The molecule has 31 heavy (non-hydrogen) atoms. The highest BCUT2D eigenvalue weighted by Gasteiger charge is 2.34. The van der Waals surface area contributed by atoms with Crippen molar-refractivity contribution in [3.63, 3.8) is 0 Å². The van der Waals surface area contributed by atoms with Crippen LogP contribution in [0.15, 0.2) is 53.4 Å². The molecule has 2 heterocycles. The number of para-hydroxylation sites is 2. The number of hydrogen-bond acceptors (Lipinski definition) is 5. The van der Waals surface area contributed by atoms with Crippen LogP contribution in [0, 0.1) is 19.7 Å². The van der Waals surface area contributed by atoms with Gasteiger partial charge in [-0.2, -0.15) is 9.40 Å². The van der Waals surface area contributed by atoms with Crippen molar-refractivity contribution < 1.29 is 17.5 Å². The zero-order valence-electron chi connectivity index (χ0n) is 17.7. The number of methoxy groups -OCH3 is 1. The van der Waals surface area contributed by atoms with E-state index in [-0.39, 0.29) is 10.7 Å². The lowest BCUT2D eigenvalue weighted by Crippen LogP contribution is -2.48. The molecule has 2 aromatic carbocycles. The second-order valence-corrected chi connectivity index (χ2v) is 9.33. The fraction of sp³-hybridized carbons (Fsp3) is 0.318. The number of piperazine rings is 1. The van der Waals surface area contributed by atoms with E-state index < -0.39 is 10.0 Å². The Hall–Kier alpha value is -2.91. The minimum Gasteiger partial charge on any atom is -0.495 e. The largest absolute Gasteiger partial charge is 0.495 e. The summed E-state index contributed by atoms with van der Waals surface area (Å²) in [5.74, 6) is 0.414. The van der Waals surface area contributed by atoms with Crippen LogP contribution in [-0.2, 0) is 10.0 Å². The molecule has 0 bridgehead atoms. The van der Waals surface area contributed by atoms with E-state index in [1.807, 2.05) is 24.3 Å². The molecule has 1 fully saturated rings. The number of ether oxygens (including phenoxy) is 1. The molecule has 0 aliphatic carbocycles. The zero-order chi connectivity index (χ0) is 22.2. The lowest BCUT2D eigenvalue weighted by Gasteiger charge is -2.35. The first-order chi connectivity index (χ1) is 14.8. The van der Waals surface area contributed by atoms with Gasteiger partial charge in [0.25, 0.3) is 0 Å². The van der Waals surface area contributed by atoms with E-state index in [0.29, 0.717) is 43.3 Å². The lowest BCUT2D eigenvalue weighted by molar-refractivity contribution is 0.378. The molecule has 9 heteroatoms. The van der Waals surface area contributed by atoms with Crippen molar-refractivity contribution in [3.05, 3.63) is 65.7 Å². The van der Waals surface area contributed by atoms with Crippen LogP contribution in [0.25, 0.3) is 5.69 Å². The average molecular weight is 445 g/mol. The van der Waals surface area contributed by atoms with E-state index in [1.54, 1.807) is 37.8 Å². The molecule has 7 nitrogen and oxygen atoms in total. The van der Waals surface area contributed by atoms with Gasteiger partial charge in [0, 0.05) is 26.2 Å². The van der Waals surface area contributed by atoms with Gasteiger partial charge in [0.15, 0.2) is 0 Å². The van der Waals surface area contributed by atoms with Gasteiger partial charge in [-0.25, -0.2) is 17.5 Å². The minimum absolute atomic E-state index is 0.211. The summed E-state index contributed by atoms with van der Waals surface area (Å²) >= 11 is 0. The average Bonchev–Trinajstić information content (AvgIpc) is 3.08. The third-order valence-electron chi connectivity index (χ3n) is 5.56. The summed E-state index contributed by atoms with van der Waals surface area (Å²) < 4.78 is 48.7. The van der Waals surface area contributed by atoms with E-state index in [4.69, 9.17) is 4.74 Å². The van der Waals surface area contributed by atoms with Crippen molar-refractivity contribution in [2.24, 2.45) is 0 Å². The maximum atomic E-state index is 13.5. The van der Waals surface area contributed by atoms with Crippen molar-refractivity contribution in [2.75, 3.05) is 38.2 Å². The molecule has 3 aromatic rings. The molecule has 164 valence electrons. The molecule has 1 aliphatic heterocycles. The van der Waals surface area contributed by atoms with E-state index in [0.717, 1.165) is 11.4 Å². The molecular formula is C22H25FN4O3S. The van der Waals surface area contributed by atoms with Gasteiger partial charge < -0.3 is 9.64 Å². The molecule has 0 saturated carbocycles. The quantitative estimate of drug-likeness (QED) is 0.605. The topological polar surface area (TPSA) is 67.7 Å². The number of hydrogen-bond donors (Lipinski definition) is 0. The molecular weight excluding hydrogens is 419 g/mol. The van der Waals surface area contributed by atoms with Gasteiger partial charge in [-0.1, -0.05) is 12.1 Å².